The van der Waals surface area contributed by atoms with Crippen LogP contribution in [0.1, 0.15) is 10.4 Å². The lowest BCUT2D eigenvalue weighted by Crippen LogP contribution is -2.31. The average Bonchev–Trinajstić information content (AvgIpc) is 3.02. The Morgan fingerprint density at radius 1 is 1.17 bits per heavy atom. The Labute approximate surface area is 165 Å². The smallest absolute Gasteiger partial charge is 0.345 e. The van der Waals surface area contributed by atoms with Gasteiger partial charge >= 0.3 is 5.69 Å². The summed E-state index contributed by atoms with van der Waals surface area (Å²) in [5.41, 5.74) is 0.662. The molecule has 0 aliphatic rings. The molecule has 0 saturated heterocycles. The van der Waals surface area contributed by atoms with Gasteiger partial charge < -0.3 is 10.1 Å². The van der Waals surface area contributed by atoms with Gasteiger partial charge in [0.2, 0.25) is 0 Å². The molecule has 0 fully saturated rings. The zero-order valence-corrected chi connectivity index (χ0v) is 15.9. The van der Waals surface area contributed by atoms with E-state index in [-0.39, 0.29) is 30.4 Å². The van der Waals surface area contributed by atoms with E-state index in [0.29, 0.717) is 17.1 Å². The Morgan fingerprint density at radius 2 is 1.83 bits per heavy atom. The molecule has 1 heterocycles. The summed E-state index contributed by atoms with van der Waals surface area (Å²) >= 11 is 0. The second kappa shape index (κ2) is 8.38. The summed E-state index contributed by atoms with van der Waals surface area (Å²) < 4.78 is 7.83. The van der Waals surface area contributed by atoms with Gasteiger partial charge in [0.05, 0.1) is 18.6 Å². The third-order valence-corrected chi connectivity index (χ3v) is 4.34. The normalized spacial score (nSPS) is 10.6. The third-order valence-electron chi connectivity index (χ3n) is 4.34. The molecule has 0 aliphatic heterocycles. The number of nitrogens with zero attached hydrogens (tertiary/aromatic N) is 4. The molecule has 2 aromatic carbocycles. The van der Waals surface area contributed by atoms with Gasteiger partial charge in [-0.15, -0.1) is 5.10 Å². The summed E-state index contributed by atoms with van der Waals surface area (Å²) in [5.74, 6) is 0.811. The van der Waals surface area contributed by atoms with Crippen molar-refractivity contribution in [1.29, 1.82) is 0 Å². The summed E-state index contributed by atoms with van der Waals surface area (Å²) in [6.07, 6.45) is 0. The third kappa shape index (κ3) is 4.32. The summed E-state index contributed by atoms with van der Waals surface area (Å²) in [6.45, 7) is 0.357. The van der Waals surface area contributed by atoms with Crippen LogP contribution in [0.25, 0.3) is 11.4 Å². The van der Waals surface area contributed by atoms with E-state index in [1.807, 2.05) is 0 Å². The molecule has 0 unspecified atom stereocenters. The number of aromatic nitrogens is 3. The van der Waals surface area contributed by atoms with Crippen molar-refractivity contribution in [1.82, 2.24) is 19.7 Å². The van der Waals surface area contributed by atoms with Crippen molar-refractivity contribution in [2.75, 3.05) is 13.7 Å². The maximum Gasteiger partial charge on any atom is 0.345 e. The Balaban J connectivity index is 1.65. The fourth-order valence-electron chi connectivity index (χ4n) is 2.74. The monoisotopic (exact) mass is 397 g/mol. The van der Waals surface area contributed by atoms with Crippen LogP contribution in [0.5, 0.6) is 5.75 Å². The molecule has 0 spiro atoms. The van der Waals surface area contributed by atoms with Gasteiger partial charge in [-0.05, 0) is 36.4 Å². The number of non-ortho nitro benzene ring substituents is 1. The number of hydrogen-bond donors (Lipinski definition) is 1. The van der Waals surface area contributed by atoms with Crippen LogP contribution in [0.4, 0.5) is 5.69 Å². The molecule has 10 nitrogen and oxygen atoms in total. The number of hydrogen-bond acceptors (Lipinski definition) is 6. The van der Waals surface area contributed by atoms with Crippen molar-refractivity contribution < 1.29 is 14.5 Å². The van der Waals surface area contributed by atoms with E-state index in [9.17, 15) is 19.7 Å². The topological polar surface area (TPSA) is 121 Å². The highest BCUT2D eigenvalue weighted by Crippen LogP contribution is 2.19. The first-order valence-electron chi connectivity index (χ1n) is 8.71. The van der Waals surface area contributed by atoms with Gasteiger partial charge in [-0.3, -0.25) is 19.5 Å². The lowest BCUT2D eigenvalue weighted by Gasteiger charge is -2.04. The Hall–Kier alpha value is -3.95. The number of carbonyl (C=O) groups excluding carboxylic acids is 1. The highest BCUT2D eigenvalue weighted by Gasteiger charge is 2.13. The number of amides is 1. The van der Waals surface area contributed by atoms with Crippen LogP contribution in [0, 0.1) is 10.1 Å². The summed E-state index contributed by atoms with van der Waals surface area (Å²) in [7, 11) is 3.20. The Morgan fingerprint density at radius 3 is 2.41 bits per heavy atom. The fraction of sp³-hybridized carbons (Fsp3) is 0.211. The van der Waals surface area contributed by atoms with Crippen molar-refractivity contribution in [2.45, 2.75) is 6.54 Å². The number of rotatable bonds is 7. The summed E-state index contributed by atoms with van der Waals surface area (Å²) in [6, 6.07) is 12.5. The summed E-state index contributed by atoms with van der Waals surface area (Å²) in [5, 5.41) is 17.7. The highest BCUT2D eigenvalue weighted by molar-refractivity contribution is 5.94. The minimum absolute atomic E-state index is 0.0901. The molecule has 3 rings (SSSR count). The lowest BCUT2D eigenvalue weighted by atomic mass is 10.2. The van der Waals surface area contributed by atoms with E-state index in [1.165, 1.54) is 33.5 Å². The van der Waals surface area contributed by atoms with Gasteiger partial charge in [0.25, 0.3) is 11.6 Å². The molecule has 29 heavy (non-hydrogen) atoms. The largest absolute Gasteiger partial charge is 0.497 e. The molecule has 10 heteroatoms. The standard InChI is InChI=1S/C19H19N5O5/c1-22-17(13-5-9-16(29-2)10-6-13)21-23(19(22)26)12-11-20-18(25)14-3-7-15(8-4-14)24(27)28/h3-10H,11-12H2,1-2H3,(H,20,25). The Kier molecular flexibility index (Phi) is 5.72. The maximum atomic E-state index is 12.4. The van der Waals surface area contributed by atoms with Crippen molar-refractivity contribution in [3.63, 3.8) is 0 Å². The predicted octanol–water partition coefficient (Wildman–Crippen LogP) is 1.60. The minimum atomic E-state index is -0.532. The minimum Gasteiger partial charge on any atom is -0.497 e. The molecular formula is C19H19N5O5. The van der Waals surface area contributed by atoms with Crippen molar-refractivity contribution in [2.24, 2.45) is 7.05 Å². The molecule has 3 aromatic rings. The highest BCUT2D eigenvalue weighted by atomic mass is 16.6. The van der Waals surface area contributed by atoms with Gasteiger partial charge in [0.15, 0.2) is 5.82 Å². The second-order valence-electron chi connectivity index (χ2n) is 6.18. The number of carbonyl (C=O) groups is 1. The van der Waals surface area contributed by atoms with Gasteiger partial charge in [-0.25, -0.2) is 9.48 Å². The quantitative estimate of drug-likeness (QED) is 0.477. The van der Waals surface area contributed by atoms with Crippen LogP contribution in [0.3, 0.4) is 0 Å². The molecule has 1 amide bonds. The van der Waals surface area contributed by atoms with Gasteiger partial charge in [0, 0.05) is 36.9 Å². The maximum absolute atomic E-state index is 12.4. The zero-order valence-electron chi connectivity index (χ0n) is 15.9. The number of nitro benzene ring substituents is 1. The number of methoxy groups -OCH3 is 1. The van der Waals surface area contributed by atoms with E-state index in [2.05, 4.69) is 10.4 Å². The van der Waals surface area contributed by atoms with Crippen LogP contribution in [0.2, 0.25) is 0 Å². The van der Waals surface area contributed by atoms with E-state index in [0.717, 1.165) is 5.56 Å². The van der Waals surface area contributed by atoms with E-state index in [4.69, 9.17) is 4.74 Å². The molecule has 0 radical (unpaired) electrons. The number of nitro groups is 1. The second-order valence-corrected chi connectivity index (χ2v) is 6.18. The van der Waals surface area contributed by atoms with E-state index < -0.39 is 4.92 Å². The molecule has 0 saturated carbocycles. The molecule has 150 valence electrons. The molecule has 1 aromatic heterocycles. The van der Waals surface area contributed by atoms with E-state index in [1.54, 1.807) is 38.4 Å². The predicted molar refractivity (Wildman–Crippen MR) is 105 cm³/mol. The lowest BCUT2D eigenvalue weighted by molar-refractivity contribution is -0.384. The fourth-order valence-corrected chi connectivity index (χ4v) is 2.74. The molecule has 0 bridgehead atoms. The molecular weight excluding hydrogens is 378 g/mol. The summed E-state index contributed by atoms with van der Waals surface area (Å²) in [4.78, 5) is 34.7. The number of ether oxygens (including phenoxy) is 1. The average molecular weight is 397 g/mol. The zero-order chi connectivity index (χ0) is 21.0. The van der Waals surface area contributed by atoms with Crippen LogP contribution in [0.15, 0.2) is 53.3 Å². The van der Waals surface area contributed by atoms with Crippen molar-refractivity contribution in [3.05, 3.63) is 74.7 Å². The van der Waals surface area contributed by atoms with Crippen molar-refractivity contribution >= 4 is 11.6 Å². The van der Waals surface area contributed by atoms with Crippen LogP contribution in [-0.4, -0.2) is 38.8 Å². The first-order valence-corrected chi connectivity index (χ1v) is 8.71. The van der Waals surface area contributed by atoms with Crippen LogP contribution >= 0.6 is 0 Å². The molecule has 0 atom stereocenters. The first-order chi connectivity index (χ1) is 13.9. The van der Waals surface area contributed by atoms with Crippen LogP contribution < -0.4 is 15.7 Å². The molecule has 1 N–H and O–H groups in total. The SMILES string of the molecule is COc1ccc(-c2nn(CCNC(=O)c3ccc([N+](=O)[O-])cc3)c(=O)n2C)cc1. The van der Waals surface area contributed by atoms with Crippen molar-refractivity contribution in [3.8, 4) is 17.1 Å². The number of benzene rings is 2. The van der Waals surface area contributed by atoms with Gasteiger partial charge in [-0.2, -0.15) is 0 Å². The van der Waals surface area contributed by atoms with Crippen LogP contribution in [-0.2, 0) is 13.6 Å². The number of nitrogens with one attached hydrogen (secondary N) is 1. The Bertz CT molecular complexity index is 1080. The van der Waals surface area contributed by atoms with Gasteiger partial charge in [0.1, 0.15) is 5.75 Å². The van der Waals surface area contributed by atoms with Gasteiger partial charge in [-0.1, -0.05) is 0 Å². The van der Waals surface area contributed by atoms with E-state index >= 15 is 0 Å². The first kappa shape index (κ1) is 19.8. The molecule has 0 aliphatic carbocycles.